The lowest BCUT2D eigenvalue weighted by atomic mass is 9.93. The van der Waals surface area contributed by atoms with Crippen molar-refractivity contribution in [1.29, 1.82) is 0 Å². The third kappa shape index (κ3) is 9.18. The third-order valence-electron chi connectivity index (χ3n) is 3.92. The predicted octanol–water partition coefficient (Wildman–Crippen LogP) is 4.22. The summed E-state index contributed by atoms with van der Waals surface area (Å²) in [5.74, 6) is 0.380. The zero-order chi connectivity index (χ0) is 16.7. The van der Waals surface area contributed by atoms with Crippen molar-refractivity contribution in [1.82, 2.24) is 5.32 Å². The van der Waals surface area contributed by atoms with Crippen LogP contribution >= 0.6 is 24.8 Å². The van der Waals surface area contributed by atoms with E-state index in [9.17, 15) is 18.0 Å². The van der Waals surface area contributed by atoms with Gasteiger partial charge in [-0.2, -0.15) is 13.2 Å². The highest BCUT2D eigenvalue weighted by molar-refractivity contribution is 5.94. The molecule has 1 fully saturated rings. The number of benzene rings is 1. The zero-order valence-electron chi connectivity index (χ0n) is 13.7. The number of hydrogen-bond donors (Lipinski definition) is 3. The van der Waals surface area contributed by atoms with Crippen molar-refractivity contribution in [2.45, 2.75) is 31.9 Å². The van der Waals surface area contributed by atoms with Crippen LogP contribution in [0.15, 0.2) is 24.3 Å². The molecule has 1 aromatic rings. The lowest BCUT2D eigenvalue weighted by Crippen LogP contribution is -2.28. The Morgan fingerprint density at radius 1 is 1.12 bits per heavy atom. The molecule has 1 heterocycles. The van der Waals surface area contributed by atoms with Gasteiger partial charge in [0.1, 0.15) is 6.54 Å². The smallest absolute Gasteiger partial charge is 0.375 e. The molecule has 1 amide bonds. The number of anilines is 2. The first kappa shape index (κ1) is 23.8. The Labute approximate surface area is 158 Å². The van der Waals surface area contributed by atoms with Crippen molar-refractivity contribution in [2.75, 3.05) is 30.3 Å². The van der Waals surface area contributed by atoms with Gasteiger partial charge in [-0.05, 0) is 50.4 Å². The standard InChI is InChI=1S/C16H22F3N3O.2ClH/c17-16(18,19)11-21-13-3-1-2-4-14(13)22-15(23)6-5-12-7-9-20-10-8-12;;/h1-4,12,20-21H,5-11H2,(H,22,23);2*1H. The molecule has 0 unspecified atom stereocenters. The molecule has 0 radical (unpaired) electrons. The van der Waals surface area contributed by atoms with Gasteiger partial charge in [-0.15, -0.1) is 24.8 Å². The Kier molecular flexibility index (Phi) is 10.9. The number of piperidine rings is 1. The molecule has 1 aliphatic heterocycles. The summed E-state index contributed by atoms with van der Waals surface area (Å²) in [5, 5.41) is 8.29. The summed E-state index contributed by atoms with van der Waals surface area (Å²) in [5.41, 5.74) is 0.659. The molecule has 2 rings (SSSR count). The van der Waals surface area contributed by atoms with Crippen molar-refractivity contribution in [3.63, 3.8) is 0 Å². The van der Waals surface area contributed by atoms with Gasteiger partial charge in [-0.25, -0.2) is 0 Å². The lowest BCUT2D eigenvalue weighted by Gasteiger charge is -2.22. The van der Waals surface area contributed by atoms with Crippen LogP contribution in [0.1, 0.15) is 25.7 Å². The van der Waals surface area contributed by atoms with E-state index in [4.69, 9.17) is 0 Å². The highest BCUT2D eigenvalue weighted by Gasteiger charge is 2.27. The van der Waals surface area contributed by atoms with Gasteiger partial charge < -0.3 is 16.0 Å². The maximum atomic E-state index is 12.3. The van der Waals surface area contributed by atoms with E-state index < -0.39 is 12.7 Å². The van der Waals surface area contributed by atoms with Gasteiger partial charge in [-0.1, -0.05) is 12.1 Å². The fraction of sp³-hybridized carbons (Fsp3) is 0.562. The molecule has 3 N–H and O–H groups in total. The number of carbonyl (C=O) groups is 1. The van der Waals surface area contributed by atoms with E-state index in [0.717, 1.165) is 32.4 Å². The van der Waals surface area contributed by atoms with Gasteiger partial charge in [0.15, 0.2) is 0 Å². The molecule has 9 heteroatoms. The van der Waals surface area contributed by atoms with Gasteiger partial charge in [0.2, 0.25) is 5.91 Å². The highest BCUT2D eigenvalue weighted by Crippen LogP contribution is 2.24. The lowest BCUT2D eigenvalue weighted by molar-refractivity contribution is -0.116. The number of hydrogen-bond acceptors (Lipinski definition) is 3. The van der Waals surface area contributed by atoms with Crippen LogP contribution in [-0.4, -0.2) is 31.7 Å². The highest BCUT2D eigenvalue weighted by atomic mass is 35.5. The number of nitrogens with one attached hydrogen (secondary N) is 3. The Morgan fingerprint density at radius 3 is 2.32 bits per heavy atom. The Hall–Kier alpha value is -1.18. The van der Waals surface area contributed by atoms with Gasteiger partial charge in [0, 0.05) is 6.42 Å². The summed E-state index contributed by atoms with van der Waals surface area (Å²) in [7, 11) is 0. The summed E-state index contributed by atoms with van der Waals surface area (Å²) in [6, 6.07) is 6.43. The molecule has 1 aliphatic rings. The van der Waals surface area contributed by atoms with Crippen LogP contribution in [0.5, 0.6) is 0 Å². The normalized spacial score (nSPS) is 14.8. The summed E-state index contributed by atoms with van der Waals surface area (Å²) >= 11 is 0. The molecular weight excluding hydrogens is 378 g/mol. The van der Waals surface area contributed by atoms with E-state index >= 15 is 0 Å². The van der Waals surface area contributed by atoms with Gasteiger partial charge in [0.25, 0.3) is 0 Å². The fourth-order valence-corrected chi connectivity index (χ4v) is 2.66. The van der Waals surface area contributed by atoms with Crippen molar-refractivity contribution >= 4 is 42.1 Å². The average molecular weight is 402 g/mol. The van der Waals surface area contributed by atoms with Crippen molar-refractivity contribution in [3.8, 4) is 0 Å². The molecule has 4 nitrogen and oxygen atoms in total. The fourth-order valence-electron chi connectivity index (χ4n) is 2.66. The first-order valence-corrected chi connectivity index (χ1v) is 7.84. The van der Waals surface area contributed by atoms with Crippen molar-refractivity contribution in [2.24, 2.45) is 5.92 Å². The Bertz CT molecular complexity index is 524. The maximum absolute atomic E-state index is 12.3. The third-order valence-corrected chi connectivity index (χ3v) is 3.92. The quantitative estimate of drug-likeness (QED) is 0.668. The van der Waals surface area contributed by atoms with Crippen LogP contribution < -0.4 is 16.0 Å². The molecule has 0 aliphatic carbocycles. The molecule has 0 atom stereocenters. The van der Waals surface area contributed by atoms with Crippen LogP contribution in [0.4, 0.5) is 24.5 Å². The summed E-state index contributed by atoms with van der Waals surface area (Å²) in [6.45, 7) is 0.835. The number of rotatable bonds is 6. The number of alkyl halides is 3. The molecule has 0 bridgehead atoms. The summed E-state index contributed by atoms with van der Waals surface area (Å²) in [6.07, 6.45) is -0.968. The number of carbonyl (C=O) groups excluding carboxylic acids is 1. The van der Waals surface area contributed by atoms with E-state index in [0.29, 0.717) is 18.0 Å². The molecule has 1 aromatic carbocycles. The molecule has 25 heavy (non-hydrogen) atoms. The largest absolute Gasteiger partial charge is 0.405 e. The predicted molar refractivity (Wildman–Crippen MR) is 98.9 cm³/mol. The zero-order valence-corrected chi connectivity index (χ0v) is 15.3. The minimum absolute atomic E-state index is 0. The topological polar surface area (TPSA) is 53.2 Å². The average Bonchev–Trinajstić information content (AvgIpc) is 2.52. The van der Waals surface area contributed by atoms with Crippen molar-refractivity contribution in [3.05, 3.63) is 24.3 Å². The molecular formula is C16H24Cl2F3N3O. The molecule has 144 valence electrons. The second-order valence-electron chi connectivity index (χ2n) is 5.79. The SMILES string of the molecule is Cl.Cl.O=C(CCC1CCNCC1)Nc1ccccc1NCC(F)(F)F. The van der Waals surface area contributed by atoms with Gasteiger partial charge in [0.05, 0.1) is 11.4 Å². The summed E-state index contributed by atoms with van der Waals surface area (Å²) < 4.78 is 36.9. The van der Waals surface area contributed by atoms with Gasteiger partial charge >= 0.3 is 6.18 Å². The minimum atomic E-state index is -4.30. The maximum Gasteiger partial charge on any atom is 0.405 e. The first-order valence-electron chi connectivity index (χ1n) is 7.84. The van der Waals surface area contributed by atoms with Crippen LogP contribution in [0, 0.1) is 5.92 Å². The molecule has 1 saturated heterocycles. The van der Waals surface area contributed by atoms with E-state index in [-0.39, 0.29) is 36.4 Å². The van der Waals surface area contributed by atoms with Gasteiger partial charge in [-0.3, -0.25) is 4.79 Å². The number of halogens is 5. The van der Waals surface area contributed by atoms with Crippen LogP contribution in [0.3, 0.4) is 0 Å². The molecule has 0 saturated carbocycles. The van der Waals surface area contributed by atoms with E-state index in [2.05, 4.69) is 16.0 Å². The Morgan fingerprint density at radius 2 is 1.72 bits per heavy atom. The number of amides is 1. The minimum Gasteiger partial charge on any atom is -0.375 e. The van der Waals surface area contributed by atoms with Crippen LogP contribution in [0.25, 0.3) is 0 Å². The second kappa shape index (κ2) is 11.4. The van der Waals surface area contributed by atoms with Crippen LogP contribution in [0.2, 0.25) is 0 Å². The first-order chi connectivity index (χ1) is 10.9. The molecule has 0 spiro atoms. The molecule has 0 aromatic heterocycles. The Balaban J connectivity index is 0.00000288. The van der Waals surface area contributed by atoms with E-state index in [1.807, 2.05) is 0 Å². The van der Waals surface area contributed by atoms with E-state index in [1.165, 1.54) is 6.07 Å². The monoisotopic (exact) mass is 401 g/mol. The van der Waals surface area contributed by atoms with Crippen molar-refractivity contribution < 1.29 is 18.0 Å². The van der Waals surface area contributed by atoms with E-state index in [1.54, 1.807) is 18.2 Å². The second-order valence-corrected chi connectivity index (χ2v) is 5.79. The van der Waals surface area contributed by atoms with Crippen LogP contribution in [-0.2, 0) is 4.79 Å². The summed E-state index contributed by atoms with van der Waals surface area (Å²) in [4.78, 5) is 12.0. The number of para-hydroxylation sites is 2.